The van der Waals surface area contributed by atoms with E-state index in [0.717, 1.165) is 11.6 Å². The predicted octanol–water partition coefficient (Wildman–Crippen LogP) is 1.08. The summed E-state index contributed by atoms with van der Waals surface area (Å²) in [5, 5.41) is 17.3. The fourth-order valence-corrected chi connectivity index (χ4v) is 2.51. The molecule has 0 aliphatic heterocycles. The van der Waals surface area contributed by atoms with Gasteiger partial charge in [0.25, 0.3) is 0 Å². The van der Waals surface area contributed by atoms with Gasteiger partial charge in [-0.1, -0.05) is 19.3 Å². The van der Waals surface area contributed by atoms with Gasteiger partial charge >= 0.3 is 0 Å². The van der Waals surface area contributed by atoms with Crippen LogP contribution in [0.5, 0.6) is 0 Å². The fraction of sp³-hybridized carbons (Fsp3) is 0.818. The molecule has 1 saturated carbocycles. The van der Waals surface area contributed by atoms with Crippen LogP contribution in [-0.4, -0.2) is 26.5 Å². The minimum Gasteiger partial charge on any atom is -0.394 e. The van der Waals surface area contributed by atoms with E-state index in [1.165, 1.54) is 32.1 Å². The molecule has 1 heterocycles. The maximum atomic E-state index is 9.11. The predicted molar refractivity (Wildman–Crippen MR) is 60.9 cm³/mol. The van der Waals surface area contributed by atoms with Gasteiger partial charge in [0.1, 0.15) is 5.82 Å². The molecular formula is C11H20N4O. The molecule has 0 radical (unpaired) electrons. The lowest BCUT2D eigenvalue weighted by molar-refractivity contribution is 0.253. The molecular weight excluding hydrogens is 204 g/mol. The second-order valence-corrected chi connectivity index (χ2v) is 4.56. The zero-order valence-electron chi connectivity index (χ0n) is 9.76. The lowest BCUT2D eigenvalue weighted by atomic mass is 9.95. The molecule has 1 aromatic rings. The Morgan fingerprint density at radius 3 is 2.69 bits per heavy atom. The molecule has 1 atom stereocenters. The molecule has 5 heteroatoms. The molecule has 1 aromatic heterocycles. The van der Waals surface area contributed by atoms with Crippen LogP contribution in [0.3, 0.4) is 0 Å². The zero-order valence-corrected chi connectivity index (χ0v) is 9.76. The summed E-state index contributed by atoms with van der Waals surface area (Å²) < 4.78 is 2.13. The van der Waals surface area contributed by atoms with E-state index in [2.05, 4.69) is 14.8 Å². The van der Waals surface area contributed by atoms with Crippen molar-refractivity contribution in [3.8, 4) is 0 Å². The van der Waals surface area contributed by atoms with E-state index in [0.29, 0.717) is 6.04 Å². The first-order valence-electron chi connectivity index (χ1n) is 6.02. The van der Waals surface area contributed by atoms with E-state index in [-0.39, 0.29) is 6.61 Å². The third-order valence-electron chi connectivity index (χ3n) is 3.36. The van der Waals surface area contributed by atoms with Crippen molar-refractivity contribution < 1.29 is 5.11 Å². The highest BCUT2D eigenvalue weighted by molar-refractivity contribution is 5.02. The number of aromatic nitrogens is 3. The van der Waals surface area contributed by atoms with Crippen LogP contribution in [0.15, 0.2) is 0 Å². The van der Waals surface area contributed by atoms with Gasteiger partial charge in [0, 0.05) is 6.04 Å². The monoisotopic (exact) mass is 224 g/mol. The van der Waals surface area contributed by atoms with Gasteiger partial charge in [0.05, 0.1) is 12.6 Å². The van der Waals surface area contributed by atoms with E-state index in [4.69, 9.17) is 10.8 Å². The van der Waals surface area contributed by atoms with Gasteiger partial charge in [-0.3, -0.25) is 0 Å². The number of aryl methyl sites for hydroxylation is 1. The highest BCUT2D eigenvalue weighted by Gasteiger charge is 2.23. The van der Waals surface area contributed by atoms with Gasteiger partial charge in [0.2, 0.25) is 0 Å². The second kappa shape index (κ2) is 4.93. The van der Waals surface area contributed by atoms with Gasteiger partial charge in [-0.2, -0.15) is 0 Å². The molecule has 0 amide bonds. The molecule has 1 fully saturated rings. The van der Waals surface area contributed by atoms with Crippen molar-refractivity contribution >= 4 is 0 Å². The second-order valence-electron chi connectivity index (χ2n) is 4.56. The van der Waals surface area contributed by atoms with Crippen molar-refractivity contribution in [3.05, 3.63) is 11.6 Å². The van der Waals surface area contributed by atoms with Gasteiger partial charge in [-0.15, -0.1) is 10.2 Å². The zero-order chi connectivity index (χ0) is 11.5. The summed E-state index contributed by atoms with van der Waals surface area (Å²) in [4.78, 5) is 0. The minimum atomic E-state index is -0.414. The summed E-state index contributed by atoms with van der Waals surface area (Å²) in [5.74, 6) is 1.64. The van der Waals surface area contributed by atoms with Crippen molar-refractivity contribution in [2.75, 3.05) is 6.61 Å². The van der Waals surface area contributed by atoms with E-state index in [9.17, 15) is 0 Å². The first-order chi connectivity index (χ1) is 7.74. The van der Waals surface area contributed by atoms with Crippen LogP contribution in [0.1, 0.15) is 55.8 Å². The van der Waals surface area contributed by atoms with Crippen molar-refractivity contribution in [2.45, 2.75) is 51.1 Å². The first kappa shape index (κ1) is 11.5. The smallest absolute Gasteiger partial charge is 0.152 e. The summed E-state index contributed by atoms with van der Waals surface area (Å²) in [6, 6.07) is 0.0551. The molecule has 0 bridgehead atoms. The van der Waals surface area contributed by atoms with Gasteiger partial charge in [0.15, 0.2) is 5.82 Å². The number of nitrogens with two attached hydrogens (primary N) is 1. The van der Waals surface area contributed by atoms with Crippen molar-refractivity contribution in [1.29, 1.82) is 0 Å². The van der Waals surface area contributed by atoms with Crippen LogP contribution in [0.4, 0.5) is 0 Å². The van der Waals surface area contributed by atoms with Gasteiger partial charge in [-0.25, -0.2) is 0 Å². The Kier molecular flexibility index (Phi) is 3.56. The normalized spacial score (nSPS) is 19.9. The molecule has 2 rings (SSSR count). The Bertz CT molecular complexity index is 344. The largest absolute Gasteiger partial charge is 0.394 e. The summed E-state index contributed by atoms with van der Waals surface area (Å²) in [6.07, 6.45) is 6.18. The standard InChI is InChI=1S/C11H20N4O/c1-8-13-14-11(10(12)7-16)15(8)9-5-3-2-4-6-9/h9-10,16H,2-7,12H2,1H3. The highest BCUT2D eigenvalue weighted by atomic mass is 16.3. The van der Waals surface area contributed by atoms with Crippen LogP contribution < -0.4 is 5.73 Å². The van der Waals surface area contributed by atoms with Crippen molar-refractivity contribution in [2.24, 2.45) is 5.73 Å². The quantitative estimate of drug-likeness (QED) is 0.805. The summed E-state index contributed by atoms with van der Waals surface area (Å²) in [7, 11) is 0. The maximum absolute atomic E-state index is 9.11. The molecule has 1 aliphatic rings. The van der Waals surface area contributed by atoms with E-state index in [1.807, 2.05) is 6.92 Å². The minimum absolute atomic E-state index is 0.0785. The molecule has 0 aromatic carbocycles. The number of hydrogen-bond donors (Lipinski definition) is 2. The average molecular weight is 224 g/mol. The van der Waals surface area contributed by atoms with Crippen LogP contribution in [0.2, 0.25) is 0 Å². The SMILES string of the molecule is Cc1nnc(C(N)CO)n1C1CCCCC1. The van der Waals surface area contributed by atoms with Crippen LogP contribution in [-0.2, 0) is 0 Å². The van der Waals surface area contributed by atoms with Crippen LogP contribution in [0, 0.1) is 6.92 Å². The molecule has 3 N–H and O–H groups in total. The lowest BCUT2D eigenvalue weighted by Crippen LogP contribution is -2.24. The topological polar surface area (TPSA) is 77.0 Å². The summed E-state index contributed by atoms with van der Waals surface area (Å²) >= 11 is 0. The van der Waals surface area contributed by atoms with Crippen molar-refractivity contribution in [1.82, 2.24) is 14.8 Å². The Morgan fingerprint density at radius 1 is 1.38 bits per heavy atom. The Hall–Kier alpha value is -0.940. The molecule has 90 valence electrons. The number of aliphatic hydroxyl groups is 1. The third kappa shape index (κ3) is 2.10. The number of rotatable bonds is 3. The molecule has 5 nitrogen and oxygen atoms in total. The molecule has 0 saturated heterocycles. The highest BCUT2D eigenvalue weighted by Crippen LogP contribution is 2.30. The van der Waals surface area contributed by atoms with Crippen LogP contribution in [0.25, 0.3) is 0 Å². The third-order valence-corrected chi connectivity index (χ3v) is 3.36. The average Bonchev–Trinajstić information content (AvgIpc) is 2.71. The maximum Gasteiger partial charge on any atom is 0.152 e. The van der Waals surface area contributed by atoms with Crippen LogP contribution >= 0.6 is 0 Å². The number of hydrogen-bond acceptors (Lipinski definition) is 4. The Morgan fingerprint density at radius 2 is 2.06 bits per heavy atom. The van der Waals surface area contributed by atoms with E-state index >= 15 is 0 Å². The first-order valence-corrected chi connectivity index (χ1v) is 6.02. The molecule has 1 aliphatic carbocycles. The molecule has 1 unspecified atom stereocenters. The number of aliphatic hydroxyl groups excluding tert-OH is 1. The molecule has 0 spiro atoms. The van der Waals surface area contributed by atoms with Gasteiger partial charge in [-0.05, 0) is 19.8 Å². The Labute approximate surface area is 95.7 Å². The van der Waals surface area contributed by atoms with Crippen molar-refractivity contribution in [3.63, 3.8) is 0 Å². The summed E-state index contributed by atoms with van der Waals surface area (Å²) in [5.41, 5.74) is 5.84. The fourth-order valence-electron chi connectivity index (χ4n) is 2.51. The van der Waals surface area contributed by atoms with Gasteiger partial charge < -0.3 is 15.4 Å². The number of nitrogens with zero attached hydrogens (tertiary/aromatic N) is 3. The summed E-state index contributed by atoms with van der Waals surface area (Å²) in [6.45, 7) is 1.88. The Balaban J connectivity index is 2.26. The molecule has 16 heavy (non-hydrogen) atoms. The van der Waals surface area contributed by atoms with E-state index in [1.54, 1.807) is 0 Å². The van der Waals surface area contributed by atoms with E-state index < -0.39 is 6.04 Å². The lowest BCUT2D eigenvalue weighted by Gasteiger charge is -2.26.